The lowest BCUT2D eigenvalue weighted by Crippen LogP contribution is -2.46. The van der Waals surface area contributed by atoms with E-state index in [1.54, 1.807) is 44.1 Å². The molecule has 0 unspecified atom stereocenters. The molecule has 166 valence electrons. The van der Waals surface area contributed by atoms with E-state index in [0.29, 0.717) is 17.1 Å². The molecule has 0 aliphatic carbocycles. The lowest BCUT2D eigenvalue weighted by atomic mass is 10.0. The number of nitrogens with one attached hydrogen (secondary N) is 1. The van der Waals surface area contributed by atoms with Crippen LogP contribution in [0.3, 0.4) is 0 Å². The first kappa shape index (κ1) is 21.6. The zero-order valence-electron chi connectivity index (χ0n) is 18.9. The number of nitrogens with zero attached hydrogens (tertiary/aromatic N) is 2. The molecule has 3 heterocycles. The summed E-state index contributed by atoms with van der Waals surface area (Å²) in [5.41, 5.74) is 1.67. The molecule has 1 aliphatic rings. The number of hydrogen-bond donors (Lipinski definition) is 1. The molecule has 0 spiro atoms. The molecule has 0 saturated heterocycles. The number of ether oxygens (including phenoxy) is 1. The highest BCUT2D eigenvalue weighted by atomic mass is 16.5. The van der Waals surface area contributed by atoms with Gasteiger partial charge in [0.1, 0.15) is 11.3 Å². The Morgan fingerprint density at radius 3 is 2.81 bits per heavy atom. The molecule has 1 aliphatic heterocycles. The minimum Gasteiger partial charge on any atom is -0.474 e. The standard InChI is InChI=1S/C25H27N3O4/c1-6-17-18-9-7-8-10-19(18)31-22(17)15(2)28(5)21(29)12-11-16-13-20-23(26-14-16)27-24(30)25(3,4)32-20/h7-15H,6H2,1-5H3,(H,26,27,30)/b12-11+/t15-/m1/s1. The predicted octanol–water partition coefficient (Wildman–Crippen LogP) is 4.73. The molecule has 1 aromatic carbocycles. The summed E-state index contributed by atoms with van der Waals surface area (Å²) in [6, 6.07) is 9.46. The van der Waals surface area contributed by atoms with Crippen molar-refractivity contribution in [3.05, 3.63) is 59.5 Å². The van der Waals surface area contributed by atoms with Gasteiger partial charge in [0.2, 0.25) is 5.91 Å². The summed E-state index contributed by atoms with van der Waals surface area (Å²) in [5, 5.41) is 3.82. The summed E-state index contributed by atoms with van der Waals surface area (Å²) in [4.78, 5) is 30.8. The summed E-state index contributed by atoms with van der Waals surface area (Å²) in [6.07, 6.45) is 5.59. The van der Waals surface area contributed by atoms with Gasteiger partial charge in [-0.3, -0.25) is 9.59 Å². The molecule has 0 radical (unpaired) electrons. The third-order valence-electron chi connectivity index (χ3n) is 5.83. The first-order valence-electron chi connectivity index (χ1n) is 10.7. The van der Waals surface area contributed by atoms with Crippen LogP contribution in [0, 0.1) is 0 Å². The zero-order chi connectivity index (χ0) is 23.0. The second-order valence-corrected chi connectivity index (χ2v) is 8.43. The third-order valence-corrected chi connectivity index (χ3v) is 5.83. The second-order valence-electron chi connectivity index (χ2n) is 8.43. The number of amides is 2. The number of fused-ring (bicyclic) bond motifs is 2. The van der Waals surface area contributed by atoms with Crippen LogP contribution in [0.2, 0.25) is 0 Å². The average Bonchev–Trinajstić information content (AvgIpc) is 3.15. The lowest BCUT2D eigenvalue weighted by Gasteiger charge is -2.30. The Bertz CT molecular complexity index is 1230. The molecule has 7 heteroatoms. The maximum Gasteiger partial charge on any atom is 0.269 e. The highest BCUT2D eigenvalue weighted by molar-refractivity contribution is 5.99. The van der Waals surface area contributed by atoms with E-state index in [1.165, 1.54) is 6.08 Å². The molecule has 0 fully saturated rings. The molecule has 2 amide bonds. The van der Waals surface area contributed by atoms with Gasteiger partial charge in [-0.25, -0.2) is 4.98 Å². The monoisotopic (exact) mass is 433 g/mol. The minimum atomic E-state index is -0.980. The van der Waals surface area contributed by atoms with Crippen LogP contribution in [0.1, 0.15) is 50.6 Å². The van der Waals surface area contributed by atoms with E-state index in [2.05, 4.69) is 17.2 Å². The Kier molecular flexibility index (Phi) is 5.50. The average molecular weight is 434 g/mol. The summed E-state index contributed by atoms with van der Waals surface area (Å²) < 4.78 is 11.9. The molecule has 7 nitrogen and oxygen atoms in total. The predicted molar refractivity (Wildman–Crippen MR) is 123 cm³/mol. The Hall–Kier alpha value is -3.61. The topological polar surface area (TPSA) is 84.7 Å². The number of carbonyl (C=O) groups excluding carboxylic acids is 2. The molecular formula is C25H27N3O4. The minimum absolute atomic E-state index is 0.160. The summed E-state index contributed by atoms with van der Waals surface area (Å²) in [5.74, 6) is 1.25. The number of pyridine rings is 1. The van der Waals surface area contributed by atoms with Crippen molar-refractivity contribution in [1.29, 1.82) is 0 Å². The van der Waals surface area contributed by atoms with Gasteiger partial charge in [0.05, 0.1) is 6.04 Å². The van der Waals surface area contributed by atoms with Crippen LogP contribution in [0.15, 0.2) is 47.0 Å². The van der Waals surface area contributed by atoms with Gasteiger partial charge < -0.3 is 19.4 Å². The maximum absolute atomic E-state index is 12.9. The Labute approximate surface area is 187 Å². The quantitative estimate of drug-likeness (QED) is 0.588. The lowest BCUT2D eigenvalue weighted by molar-refractivity contribution is -0.129. The fourth-order valence-electron chi connectivity index (χ4n) is 3.77. The third kappa shape index (κ3) is 3.86. The number of aromatic nitrogens is 1. The van der Waals surface area contributed by atoms with Gasteiger partial charge in [-0.2, -0.15) is 0 Å². The van der Waals surface area contributed by atoms with E-state index in [1.807, 2.05) is 31.2 Å². The van der Waals surface area contributed by atoms with E-state index in [-0.39, 0.29) is 17.9 Å². The summed E-state index contributed by atoms with van der Waals surface area (Å²) in [6.45, 7) is 7.43. The molecule has 2 aromatic heterocycles. The first-order chi connectivity index (χ1) is 15.2. The van der Waals surface area contributed by atoms with Gasteiger partial charge >= 0.3 is 0 Å². The summed E-state index contributed by atoms with van der Waals surface area (Å²) >= 11 is 0. The SMILES string of the molecule is CCc1c([C@@H](C)N(C)C(=O)/C=C/c2cnc3c(c2)OC(C)(C)C(=O)N3)oc2ccccc12. The molecule has 4 rings (SSSR count). The fourth-order valence-corrected chi connectivity index (χ4v) is 3.77. The Balaban J connectivity index is 1.53. The molecule has 1 N–H and O–H groups in total. The largest absolute Gasteiger partial charge is 0.474 e. The van der Waals surface area contributed by atoms with Crippen molar-refractivity contribution >= 4 is 34.7 Å². The van der Waals surface area contributed by atoms with E-state index < -0.39 is 5.60 Å². The number of rotatable bonds is 5. The van der Waals surface area contributed by atoms with Crippen molar-refractivity contribution in [2.45, 2.75) is 45.8 Å². The molecule has 32 heavy (non-hydrogen) atoms. The molecule has 3 aromatic rings. The van der Waals surface area contributed by atoms with Crippen LogP contribution in [-0.4, -0.2) is 34.3 Å². The van der Waals surface area contributed by atoms with Crippen molar-refractivity contribution in [3.63, 3.8) is 0 Å². The maximum atomic E-state index is 12.9. The van der Waals surface area contributed by atoms with Crippen LogP contribution in [0.5, 0.6) is 5.75 Å². The molecule has 1 atom stereocenters. The second kappa shape index (κ2) is 8.15. The Morgan fingerprint density at radius 1 is 1.31 bits per heavy atom. The molecule has 0 bridgehead atoms. The number of likely N-dealkylation sites (N-methyl/N-ethyl adjacent to an activating group) is 1. The van der Waals surface area contributed by atoms with Crippen molar-refractivity contribution in [2.24, 2.45) is 0 Å². The zero-order valence-corrected chi connectivity index (χ0v) is 18.9. The van der Waals surface area contributed by atoms with Crippen molar-refractivity contribution in [1.82, 2.24) is 9.88 Å². The van der Waals surface area contributed by atoms with Crippen molar-refractivity contribution < 1.29 is 18.7 Å². The van der Waals surface area contributed by atoms with Gasteiger partial charge in [-0.1, -0.05) is 25.1 Å². The number of hydrogen-bond acceptors (Lipinski definition) is 5. The van der Waals surface area contributed by atoms with Gasteiger partial charge in [-0.15, -0.1) is 0 Å². The smallest absolute Gasteiger partial charge is 0.269 e. The van der Waals surface area contributed by atoms with Crippen LogP contribution < -0.4 is 10.1 Å². The highest BCUT2D eigenvalue weighted by Crippen LogP contribution is 2.34. The summed E-state index contributed by atoms with van der Waals surface area (Å²) in [7, 11) is 1.76. The van der Waals surface area contributed by atoms with Crippen molar-refractivity contribution in [2.75, 3.05) is 12.4 Å². The van der Waals surface area contributed by atoms with Gasteiger partial charge in [-0.05, 0) is 51.0 Å². The van der Waals surface area contributed by atoms with E-state index in [4.69, 9.17) is 9.15 Å². The van der Waals surface area contributed by atoms with E-state index >= 15 is 0 Å². The number of furan rings is 1. The van der Waals surface area contributed by atoms with Gasteiger partial charge in [0.15, 0.2) is 17.2 Å². The van der Waals surface area contributed by atoms with Crippen LogP contribution in [-0.2, 0) is 16.0 Å². The number of anilines is 1. The van der Waals surface area contributed by atoms with Gasteiger partial charge in [0, 0.05) is 30.3 Å². The van der Waals surface area contributed by atoms with Crippen LogP contribution in [0.25, 0.3) is 17.0 Å². The van der Waals surface area contributed by atoms with Gasteiger partial charge in [0.25, 0.3) is 5.91 Å². The number of benzene rings is 1. The van der Waals surface area contributed by atoms with Crippen molar-refractivity contribution in [3.8, 4) is 5.75 Å². The molecular weight excluding hydrogens is 406 g/mol. The fraction of sp³-hybridized carbons (Fsp3) is 0.320. The van der Waals surface area contributed by atoms with Crippen LogP contribution in [0.4, 0.5) is 5.82 Å². The number of carbonyl (C=O) groups is 2. The van der Waals surface area contributed by atoms with Crippen LogP contribution >= 0.6 is 0 Å². The highest BCUT2D eigenvalue weighted by Gasteiger charge is 2.36. The number of para-hydroxylation sites is 1. The molecule has 0 saturated carbocycles. The number of aryl methyl sites for hydroxylation is 1. The first-order valence-corrected chi connectivity index (χ1v) is 10.7. The normalized spacial score (nSPS) is 15.8. The van der Waals surface area contributed by atoms with E-state index in [0.717, 1.165) is 28.7 Å². The Morgan fingerprint density at radius 2 is 2.06 bits per heavy atom. The van der Waals surface area contributed by atoms with E-state index in [9.17, 15) is 9.59 Å².